The number of non-ortho nitro benzene ring substituents is 1. The second kappa shape index (κ2) is 4.40. The Morgan fingerprint density at radius 1 is 1.39 bits per heavy atom. The van der Waals surface area contributed by atoms with Crippen LogP contribution < -0.4 is 0 Å². The Hall–Kier alpha value is -1.91. The summed E-state index contributed by atoms with van der Waals surface area (Å²) < 4.78 is 0. The highest BCUT2D eigenvalue weighted by molar-refractivity contribution is 5.89. The van der Waals surface area contributed by atoms with E-state index in [1.165, 1.54) is 12.1 Å². The fourth-order valence-corrected chi connectivity index (χ4v) is 2.44. The number of hydrogen-bond donors (Lipinski definition) is 0. The molecule has 1 aliphatic rings. The summed E-state index contributed by atoms with van der Waals surface area (Å²) in [6.07, 6.45) is 0.761. The van der Waals surface area contributed by atoms with Crippen molar-refractivity contribution in [1.82, 2.24) is 4.90 Å². The molecule has 2 rings (SSSR count). The first-order valence-electron chi connectivity index (χ1n) is 6.03. The number of hydrogen-bond acceptors (Lipinski definition) is 3. The van der Waals surface area contributed by atoms with Crippen molar-refractivity contribution in [2.75, 3.05) is 13.1 Å². The first-order valence-corrected chi connectivity index (χ1v) is 6.03. The summed E-state index contributed by atoms with van der Waals surface area (Å²) in [5.41, 5.74) is 0.375. The Bertz CT molecular complexity index is 484. The molecular formula is C13H16N2O3. The quantitative estimate of drug-likeness (QED) is 0.608. The zero-order valence-electron chi connectivity index (χ0n) is 10.5. The smallest absolute Gasteiger partial charge is 0.269 e. The van der Waals surface area contributed by atoms with Crippen LogP contribution in [0, 0.1) is 10.1 Å². The lowest BCUT2D eigenvalue weighted by atomic mass is 9.81. The van der Waals surface area contributed by atoms with Gasteiger partial charge in [0, 0.05) is 25.2 Å². The van der Waals surface area contributed by atoms with Crippen molar-refractivity contribution < 1.29 is 9.72 Å². The van der Waals surface area contributed by atoms with Crippen molar-refractivity contribution in [2.45, 2.75) is 25.7 Å². The third kappa shape index (κ3) is 1.85. The standard InChI is InChI=1S/C13H16N2O3/c1-3-14-9-8-13(2,12(14)16)10-4-6-11(7-5-10)15(17)18/h4-7H,3,8-9H2,1-2H3. The zero-order chi connectivity index (χ0) is 13.3. The van der Waals surface area contributed by atoms with Gasteiger partial charge in [-0.15, -0.1) is 0 Å². The van der Waals surface area contributed by atoms with Crippen molar-refractivity contribution in [3.63, 3.8) is 0 Å². The Morgan fingerprint density at radius 3 is 2.44 bits per heavy atom. The predicted molar refractivity (Wildman–Crippen MR) is 67.3 cm³/mol. The molecule has 0 aliphatic carbocycles. The fraction of sp³-hybridized carbons (Fsp3) is 0.462. The van der Waals surface area contributed by atoms with E-state index in [1.807, 2.05) is 18.7 Å². The molecule has 1 saturated heterocycles. The molecule has 1 amide bonds. The van der Waals surface area contributed by atoms with E-state index in [2.05, 4.69) is 0 Å². The Balaban J connectivity index is 2.31. The van der Waals surface area contributed by atoms with Crippen LogP contribution in [-0.4, -0.2) is 28.8 Å². The third-order valence-corrected chi connectivity index (χ3v) is 3.74. The highest BCUT2D eigenvalue weighted by Gasteiger charge is 2.43. The number of nitro benzene ring substituents is 1. The third-order valence-electron chi connectivity index (χ3n) is 3.74. The van der Waals surface area contributed by atoms with E-state index in [-0.39, 0.29) is 11.6 Å². The number of carbonyl (C=O) groups is 1. The van der Waals surface area contributed by atoms with Crippen LogP contribution in [-0.2, 0) is 10.2 Å². The molecule has 1 aromatic carbocycles. The molecule has 5 heteroatoms. The van der Waals surface area contributed by atoms with Crippen LogP contribution in [0.1, 0.15) is 25.8 Å². The van der Waals surface area contributed by atoms with Crippen LogP contribution in [0.25, 0.3) is 0 Å². The van der Waals surface area contributed by atoms with Gasteiger partial charge in [0.2, 0.25) is 5.91 Å². The van der Waals surface area contributed by atoms with E-state index in [9.17, 15) is 14.9 Å². The first kappa shape index (κ1) is 12.5. The van der Waals surface area contributed by atoms with E-state index >= 15 is 0 Å². The molecule has 5 nitrogen and oxygen atoms in total. The Kier molecular flexibility index (Phi) is 3.07. The molecule has 96 valence electrons. The van der Waals surface area contributed by atoms with Gasteiger partial charge in [0.15, 0.2) is 0 Å². The highest BCUT2D eigenvalue weighted by Crippen LogP contribution is 2.35. The van der Waals surface area contributed by atoms with Crippen LogP contribution in [0.4, 0.5) is 5.69 Å². The van der Waals surface area contributed by atoms with Gasteiger partial charge < -0.3 is 4.90 Å². The lowest BCUT2D eigenvalue weighted by Gasteiger charge is -2.23. The molecule has 1 heterocycles. The van der Waals surface area contributed by atoms with Gasteiger partial charge in [0.05, 0.1) is 10.3 Å². The number of amides is 1. The van der Waals surface area contributed by atoms with Gasteiger partial charge in [-0.3, -0.25) is 14.9 Å². The van der Waals surface area contributed by atoms with Crippen molar-refractivity contribution in [1.29, 1.82) is 0 Å². The van der Waals surface area contributed by atoms with Gasteiger partial charge in [0.25, 0.3) is 5.69 Å². The molecule has 0 spiro atoms. The van der Waals surface area contributed by atoms with Crippen LogP contribution in [0.3, 0.4) is 0 Å². The fourth-order valence-electron chi connectivity index (χ4n) is 2.44. The van der Waals surface area contributed by atoms with Crippen molar-refractivity contribution in [2.24, 2.45) is 0 Å². The molecule has 1 atom stereocenters. The summed E-state index contributed by atoms with van der Waals surface area (Å²) in [5, 5.41) is 10.6. The monoisotopic (exact) mass is 248 g/mol. The van der Waals surface area contributed by atoms with Crippen LogP contribution in [0.15, 0.2) is 24.3 Å². The minimum atomic E-state index is -0.537. The Labute approximate surface area is 106 Å². The molecular weight excluding hydrogens is 232 g/mol. The normalized spacial score (nSPS) is 23.4. The van der Waals surface area contributed by atoms with Crippen molar-refractivity contribution in [3.8, 4) is 0 Å². The topological polar surface area (TPSA) is 63.4 Å². The van der Waals surface area contributed by atoms with Crippen molar-refractivity contribution in [3.05, 3.63) is 39.9 Å². The number of rotatable bonds is 3. The number of nitrogens with zero attached hydrogens (tertiary/aromatic N) is 2. The lowest BCUT2D eigenvalue weighted by molar-refractivity contribution is -0.384. The molecule has 0 bridgehead atoms. The summed E-state index contributed by atoms with van der Waals surface area (Å²) in [7, 11) is 0. The van der Waals surface area contributed by atoms with Crippen LogP contribution >= 0.6 is 0 Å². The maximum absolute atomic E-state index is 12.3. The van der Waals surface area contributed by atoms with Gasteiger partial charge in [-0.25, -0.2) is 0 Å². The first-order chi connectivity index (χ1) is 8.49. The second-order valence-electron chi connectivity index (χ2n) is 4.77. The number of likely N-dealkylation sites (N-methyl/N-ethyl adjacent to an activating group) is 1. The summed E-state index contributed by atoms with van der Waals surface area (Å²) in [4.78, 5) is 24.3. The molecule has 1 unspecified atom stereocenters. The van der Waals surface area contributed by atoms with Gasteiger partial charge in [-0.1, -0.05) is 12.1 Å². The predicted octanol–water partition coefficient (Wildman–Crippen LogP) is 2.10. The second-order valence-corrected chi connectivity index (χ2v) is 4.77. The summed E-state index contributed by atoms with van der Waals surface area (Å²) in [6, 6.07) is 6.30. The number of likely N-dealkylation sites (tertiary alicyclic amines) is 1. The SMILES string of the molecule is CCN1CCC(C)(c2ccc([N+](=O)[O-])cc2)C1=O. The van der Waals surface area contributed by atoms with E-state index in [1.54, 1.807) is 12.1 Å². The molecule has 0 saturated carbocycles. The number of nitro groups is 1. The number of carbonyl (C=O) groups excluding carboxylic acids is 1. The van der Waals surface area contributed by atoms with Crippen LogP contribution in [0.2, 0.25) is 0 Å². The highest BCUT2D eigenvalue weighted by atomic mass is 16.6. The maximum Gasteiger partial charge on any atom is 0.269 e. The van der Waals surface area contributed by atoms with E-state index in [0.29, 0.717) is 6.54 Å². The molecule has 18 heavy (non-hydrogen) atoms. The summed E-state index contributed by atoms with van der Waals surface area (Å²) >= 11 is 0. The number of benzene rings is 1. The van der Waals surface area contributed by atoms with Gasteiger partial charge >= 0.3 is 0 Å². The van der Waals surface area contributed by atoms with Crippen LogP contribution in [0.5, 0.6) is 0 Å². The summed E-state index contributed by atoms with van der Waals surface area (Å²) in [5.74, 6) is 0.110. The molecule has 0 radical (unpaired) electrons. The van der Waals surface area contributed by atoms with E-state index in [4.69, 9.17) is 0 Å². The largest absolute Gasteiger partial charge is 0.342 e. The van der Waals surface area contributed by atoms with Gasteiger partial charge in [0.1, 0.15) is 0 Å². The molecule has 1 fully saturated rings. The molecule has 1 aromatic rings. The lowest BCUT2D eigenvalue weighted by Crippen LogP contribution is -2.35. The molecule has 0 aromatic heterocycles. The Morgan fingerprint density at radius 2 is 2.00 bits per heavy atom. The van der Waals surface area contributed by atoms with E-state index in [0.717, 1.165) is 18.5 Å². The average Bonchev–Trinajstić information content (AvgIpc) is 2.67. The van der Waals surface area contributed by atoms with E-state index < -0.39 is 10.3 Å². The summed E-state index contributed by atoms with van der Waals surface area (Å²) in [6.45, 7) is 5.33. The maximum atomic E-state index is 12.3. The average molecular weight is 248 g/mol. The molecule has 0 N–H and O–H groups in total. The zero-order valence-corrected chi connectivity index (χ0v) is 10.5. The molecule has 1 aliphatic heterocycles. The minimum absolute atomic E-state index is 0.0557. The van der Waals surface area contributed by atoms with Crippen molar-refractivity contribution >= 4 is 11.6 Å². The minimum Gasteiger partial charge on any atom is -0.342 e. The van der Waals surface area contributed by atoms with Gasteiger partial charge in [-0.05, 0) is 25.8 Å². The van der Waals surface area contributed by atoms with Gasteiger partial charge in [-0.2, -0.15) is 0 Å².